The van der Waals surface area contributed by atoms with Gasteiger partial charge in [0.1, 0.15) is 0 Å². The van der Waals surface area contributed by atoms with E-state index in [9.17, 15) is 4.79 Å². The number of piperidine rings is 1. The normalized spacial score (nSPS) is 19.5. The molecule has 0 atom stereocenters. The van der Waals surface area contributed by atoms with Crippen LogP contribution in [0.5, 0.6) is 0 Å². The monoisotopic (exact) mass is 340 g/mol. The maximum atomic E-state index is 12.4. The number of nitrogens with one attached hydrogen (secondary N) is 1. The van der Waals surface area contributed by atoms with Gasteiger partial charge in [0.2, 0.25) is 5.91 Å². The minimum Gasteiger partial charge on any atom is -0.342 e. The largest absolute Gasteiger partial charge is 0.342 e. The van der Waals surface area contributed by atoms with Crippen molar-refractivity contribution in [2.24, 2.45) is 5.92 Å². The Hall–Kier alpha value is -0.770. The minimum atomic E-state index is 0.121. The van der Waals surface area contributed by atoms with Crippen LogP contribution in [0.15, 0.2) is 18.2 Å². The molecule has 1 saturated heterocycles. The second-order valence-corrected chi connectivity index (χ2v) is 7.20. The van der Waals surface area contributed by atoms with Crippen molar-refractivity contribution in [3.05, 3.63) is 33.8 Å². The van der Waals surface area contributed by atoms with E-state index >= 15 is 0 Å². The molecule has 0 aromatic heterocycles. The number of amides is 1. The van der Waals surface area contributed by atoms with Crippen LogP contribution < -0.4 is 5.32 Å². The summed E-state index contributed by atoms with van der Waals surface area (Å²) in [6, 6.07) is 5.93. The molecule has 1 N–H and O–H groups in total. The lowest BCUT2D eigenvalue weighted by atomic mass is 10.0. The smallest absolute Gasteiger partial charge is 0.227 e. The van der Waals surface area contributed by atoms with Gasteiger partial charge in [0.25, 0.3) is 0 Å². The number of hydrogen-bond donors (Lipinski definition) is 1. The summed E-state index contributed by atoms with van der Waals surface area (Å²) in [5.74, 6) is 1.03. The number of halogens is 2. The number of nitrogens with zero attached hydrogens (tertiary/aromatic N) is 1. The van der Waals surface area contributed by atoms with E-state index in [2.05, 4.69) is 5.32 Å². The summed E-state index contributed by atoms with van der Waals surface area (Å²) >= 11 is 12.3. The van der Waals surface area contributed by atoms with Crippen molar-refractivity contribution in [1.82, 2.24) is 10.2 Å². The van der Waals surface area contributed by atoms with Gasteiger partial charge in [-0.05, 0) is 55.8 Å². The molecule has 5 heteroatoms. The summed E-state index contributed by atoms with van der Waals surface area (Å²) in [6.45, 7) is 2.79. The molecule has 1 heterocycles. The number of rotatable bonds is 5. The van der Waals surface area contributed by atoms with Crippen LogP contribution in [0.3, 0.4) is 0 Å². The van der Waals surface area contributed by atoms with Crippen molar-refractivity contribution in [2.75, 3.05) is 19.6 Å². The molecule has 1 aromatic carbocycles. The molecule has 1 saturated carbocycles. The Balaban J connectivity index is 1.49. The summed E-state index contributed by atoms with van der Waals surface area (Å²) < 4.78 is 0. The van der Waals surface area contributed by atoms with Gasteiger partial charge in [0.15, 0.2) is 0 Å². The van der Waals surface area contributed by atoms with E-state index in [-0.39, 0.29) is 5.91 Å². The van der Waals surface area contributed by atoms with Crippen molar-refractivity contribution in [3.63, 3.8) is 0 Å². The van der Waals surface area contributed by atoms with Gasteiger partial charge in [-0.15, -0.1) is 0 Å². The Bertz CT molecular complexity index is 517. The number of likely N-dealkylation sites (tertiary alicyclic amines) is 1. The molecule has 22 heavy (non-hydrogen) atoms. The van der Waals surface area contributed by atoms with Crippen molar-refractivity contribution in [3.8, 4) is 0 Å². The zero-order chi connectivity index (χ0) is 15.5. The zero-order valence-electron chi connectivity index (χ0n) is 12.7. The fraction of sp³-hybridized carbons (Fsp3) is 0.588. The Morgan fingerprint density at radius 2 is 1.77 bits per heavy atom. The third-order valence-corrected chi connectivity index (χ3v) is 5.34. The molecule has 2 fully saturated rings. The van der Waals surface area contributed by atoms with Gasteiger partial charge >= 0.3 is 0 Å². The van der Waals surface area contributed by atoms with Crippen LogP contribution in [-0.4, -0.2) is 36.5 Å². The number of benzene rings is 1. The molecule has 2 aliphatic rings. The minimum absolute atomic E-state index is 0.121. The predicted octanol–water partition coefficient (Wildman–Crippen LogP) is 3.53. The Morgan fingerprint density at radius 3 is 2.36 bits per heavy atom. The lowest BCUT2D eigenvalue weighted by Crippen LogP contribution is -2.45. The van der Waals surface area contributed by atoms with E-state index in [1.165, 1.54) is 12.8 Å². The van der Waals surface area contributed by atoms with Gasteiger partial charge in [-0.25, -0.2) is 0 Å². The number of carbonyl (C=O) groups excluding carboxylic acids is 1. The van der Waals surface area contributed by atoms with Gasteiger partial charge in [0, 0.05) is 29.2 Å². The quantitative estimate of drug-likeness (QED) is 0.889. The first kappa shape index (κ1) is 16.1. The maximum Gasteiger partial charge on any atom is 0.227 e. The first-order valence-electron chi connectivity index (χ1n) is 8.07. The van der Waals surface area contributed by atoms with Gasteiger partial charge in [-0.2, -0.15) is 0 Å². The van der Waals surface area contributed by atoms with Crippen molar-refractivity contribution < 1.29 is 4.79 Å². The molecule has 1 aliphatic heterocycles. The van der Waals surface area contributed by atoms with Crippen LogP contribution in [-0.2, 0) is 11.2 Å². The van der Waals surface area contributed by atoms with E-state index in [0.717, 1.165) is 44.0 Å². The SMILES string of the molecule is O=C(Cc1c(Cl)cccc1Cl)N1CCC(NCC2CC2)CC1. The van der Waals surface area contributed by atoms with Crippen LogP contribution in [0.2, 0.25) is 10.0 Å². The maximum absolute atomic E-state index is 12.4. The molecule has 3 rings (SSSR count). The van der Waals surface area contributed by atoms with Crippen molar-refractivity contribution in [1.29, 1.82) is 0 Å². The molecule has 0 unspecified atom stereocenters. The van der Waals surface area contributed by atoms with Crippen LogP contribution in [0.4, 0.5) is 0 Å². The van der Waals surface area contributed by atoms with Crippen LogP contribution in [0.25, 0.3) is 0 Å². The summed E-state index contributed by atoms with van der Waals surface area (Å²) in [7, 11) is 0. The van der Waals surface area contributed by atoms with E-state index < -0.39 is 0 Å². The molecule has 120 valence electrons. The first-order chi connectivity index (χ1) is 10.6. The molecule has 0 bridgehead atoms. The topological polar surface area (TPSA) is 32.3 Å². The number of carbonyl (C=O) groups is 1. The number of hydrogen-bond acceptors (Lipinski definition) is 2. The average molecular weight is 341 g/mol. The lowest BCUT2D eigenvalue weighted by Gasteiger charge is -2.32. The van der Waals surface area contributed by atoms with Gasteiger partial charge in [0.05, 0.1) is 6.42 Å². The Kier molecular flexibility index (Phi) is 5.27. The molecular weight excluding hydrogens is 319 g/mol. The second-order valence-electron chi connectivity index (χ2n) is 6.38. The van der Waals surface area contributed by atoms with Gasteiger partial charge in [-0.3, -0.25) is 4.79 Å². The highest BCUT2D eigenvalue weighted by molar-refractivity contribution is 6.36. The third-order valence-electron chi connectivity index (χ3n) is 4.63. The highest BCUT2D eigenvalue weighted by Gasteiger charge is 2.26. The standard InChI is InChI=1S/C17H22Cl2N2O/c18-15-2-1-3-16(19)14(15)10-17(22)21-8-6-13(7-9-21)20-11-12-4-5-12/h1-3,12-13,20H,4-11H2. The summed E-state index contributed by atoms with van der Waals surface area (Å²) in [5.41, 5.74) is 0.741. The summed E-state index contributed by atoms with van der Waals surface area (Å²) in [4.78, 5) is 14.4. The highest BCUT2D eigenvalue weighted by Crippen LogP contribution is 2.28. The van der Waals surface area contributed by atoms with Gasteiger partial charge < -0.3 is 10.2 Å². The molecular formula is C17H22Cl2N2O. The van der Waals surface area contributed by atoms with Crippen LogP contribution in [0, 0.1) is 5.92 Å². The summed E-state index contributed by atoms with van der Waals surface area (Å²) in [5, 5.41) is 4.77. The highest BCUT2D eigenvalue weighted by atomic mass is 35.5. The third kappa shape index (κ3) is 4.15. The zero-order valence-corrected chi connectivity index (χ0v) is 14.2. The van der Waals surface area contributed by atoms with Crippen molar-refractivity contribution >= 4 is 29.1 Å². The predicted molar refractivity (Wildman–Crippen MR) is 90.5 cm³/mol. The van der Waals surface area contributed by atoms with E-state index in [0.29, 0.717) is 22.5 Å². The lowest BCUT2D eigenvalue weighted by molar-refractivity contribution is -0.131. The summed E-state index contributed by atoms with van der Waals surface area (Å²) in [6.07, 6.45) is 5.12. The average Bonchev–Trinajstić information content (AvgIpc) is 3.34. The first-order valence-corrected chi connectivity index (χ1v) is 8.83. The Labute approximate surface area is 142 Å². The Morgan fingerprint density at radius 1 is 1.14 bits per heavy atom. The fourth-order valence-electron chi connectivity index (χ4n) is 2.95. The van der Waals surface area contributed by atoms with E-state index in [4.69, 9.17) is 23.2 Å². The van der Waals surface area contributed by atoms with Crippen molar-refractivity contribution in [2.45, 2.75) is 38.1 Å². The molecule has 1 aliphatic carbocycles. The van der Waals surface area contributed by atoms with E-state index in [1.807, 2.05) is 4.90 Å². The molecule has 3 nitrogen and oxygen atoms in total. The second kappa shape index (κ2) is 7.20. The van der Waals surface area contributed by atoms with Gasteiger partial charge in [-0.1, -0.05) is 29.3 Å². The molecule has 0 spiro atoms. The molecule has 1 amide bonds. The van der Waals surface area contributed by atoms with E-state index in [1.54, 1.807) is 18.2 Å². The van der Waals surface area contributed by atoms with Crippen LogP contribution >= 0.6 is 23.2 Å². The molecule has 1 aromatic rings. The molecule has 0 radical (unpaired) electrons. The van der Waals surface area contributed by atoms with Crippen LogP contribution in [0.1, 0.15) is 31.2 Å². The fourth-order valence-corrected chi connectivity index (χ4v) is 3.48.